The number of hydrogen-bond donors (Lipinski definition) is 0. The SMILES string of the molecule is CCOC(=O)c1cc2ccccn2c1-c1ccccc1C. The van der Waals surface area contributed by atoms with E-state index in [2.05, 4.69) is 0 Å². The fourth-order valence-electron chi connectivity index (χ4n) is 2.60. The van der Waals surface area contributed by atoms with E-state index >= 15 is 0 Å². The first-order valence-electron chi connectivity index (χ1n) is 7.05. The van der Waals surface area contributed by atoms with E-state index in [0.717, 1.165) is 22.3 Å². The number of nitrogens with zero attached hydrogens (tertiary/aromatic N) is 1. The summed E-state index contributed by atoms with van der Waals surface area (Å²) in [5.74, 6) is -0.278. The molecule has 0 atom stereocenters. The average molecular weight is 279 g/mol. The van der Waals surface area contributed by atoms with E-state index in [4.69, 9.17) is 4.74 Å². The van der Waals surface area contributed by atoms with Crippen molar-refractivity contribution in [1.29, 1.82) is 0 Å². The third-order valence-corrected chi connectivity index (χ3v) is 3.58. The van der Waals surface area contributed by atoms with Gasteiger partial charge in [-0.2, -0.15) is 0 Å². The minimum absolute atomic E-state index is 0.278. The van der Waals surface area contributed by atoms with Crippen LogP contribution in [0.2, 0.25) is 0 Å². The Balaban J connectivity index is 2.31. The molecule has 2 heterocycles. The van der Waals surface area contributed by atoms with Gasteiger partial charge >= 0.3 is 5.97 Å². The van der Waals surface area contributed by atoms with Crippen LogP contribution in [0.4, 0.5) is 0 Å². The van der Waals surface area contributed by atoms with Gasteiger partial charge in [-0.05, 0) is 37.6 Å². The van der Waals surface area contributed by atoms with E-state index < -0.39 is 0 Å². The maximum atomic E-state index is 12.3. The van der Waals surface area contributed by atoms with Gasteiger partial charge in [-0.1, -0.05) is 30.3 Å². The molecule has 106 valence electrons. The molecule has 0 radical (unpaired) electrons. The maximum Gasteiger partial charge on any atom is 0.340 e. The van der Waals surface area contributed by atoms with Gasteiger partial charge < -0.3 is 9.14 Å². The molecule has 0 unspecified atom stereocenters. The summed E-state index contributed by atoms with van der Waals surface area (Å²) >= 11 is 0. The molecule has 0 bridgehead atoms. The highest BCUT2D eigenvalue weighted by atomic mass is 16.5. The zero-order valence-corrected chi connectivity index (χ0v) is 12.2. The van der Waals surface area contributed by atoms with E-state index in [1.54, 1.807) is 0 Å². The molecule has 3 rings (SSSR count). The van der Waals surface area contributed by atoms with Crippen LogP contribution in [0.1, 0.15) is 22.8 Å². The Bertz CT molecular complexity index is 802. The summed E-state index contributed by atoms with van der Waals surface area (Å²) in [5, 5.41) is 0. The molecule has 0 aliphatic carbocycles. The topological polar surface area (TPSA) is 30.7 Å². The molecular formula is C18H17NO2. The number of fused-ring (bicyclic) bond motifs is 1. The van der Waals surface area contributed by atoms with Gasteiger partial charge in [0.1, 0.15) is 0 Å². The largest absolute Gasteiger partial charge is 0.462 e. The van der Waals surface area contributed by atoms with Crippen molar-refractivity contribution >= 4 is 11.5 Å². The van der Waals surface area contributed by atoms with Crippen LogP contribution in [0.25, 0.3) is 16.8 Å². The van der Waals surface area contributed by atoms with E-state index in [0.29, 0.717) is 12.2 Å². The number of hydrogen-bond acceptors (Lipinski definition) is 2. The first kappa shape index (κ1) is 13.4. The minimum atomic E-state index is -0.278. The summed E-state index contributed by atoms with van der Waals surface area (Å²) in [6.45, 7) is 4.24. The van der Waals surface area contributed by atoms with Gasteiger partial charge in [0.15, 0.2) is 0 Å². The number of carbonyl (C=O) groups excluding carboxylic acids is 1. The standard InChI is InChI=1S/C18H17NO2/c1-3-21-18(20)16-12-14-9-6-7-11-19(14)17(16)15-10-5-4-8-13(15)2/h4-12H,3H2,1-2H3. The Kier molecular flexibility index (Phi) is 3.48. The third-order valence-electron chi connectivity index (χ3n) is 3.58. The molecule has 0 amide bonds. The lowest BCUT2D eigenvalue weighted by Crippen LogP contribution is -2.06. The minimum Gasteiger partial charge on any atom is -0.462 e. The van der Waals surface area contributed by atoms with Gasteiger partial charge in [0.2, 0.25) is 0 Å². The number of carbonyl (C=O) groups is 1. The van der Waals surface area contributed by atoms with Gasteiger partial charge in [0, 0.05) is 17.3 Å². The van der Waals surface area contributed by atoms with Gasteiger partial charge in [-0.15, -0.1) is 0 Å². The quantitative estimate of drug-likeness (QED) is 0.676. The number of rotatable bonds is 3. The molecule has 0 aliphatic heterocycles. The number of ether oxygens (including phenoxy) is 1. The van der Waals surface area contributed by atoms with Crippen LogP contribution in [-0.2, 0) is 4.74 Å². The highest BCUT2D eigenvalue weighted by Crippen LogP contribution is 2.30. The smallest absolute Gasteiger partial charge is 0.340 e. The monoisotopic (exact) mass is 279 g/mol. The molecule has 3 heteroatoms. The van der Waals surface area contributed by atoms with Crippen molar-refractivity contribution in [3.63, 3.8) is 0 Å². The molecule has 0 spiro atoms. The second-order valence-electron chi connectivity index (χ2n) is 4.94. The van der Waals surface area contributed by atoms with Gasteiger partial charge in [0.25, 0.3) is 0 Å². The normalized spacial score (nSPS) is 10.8. The van der Waals surface area contributed by atoms with E-state index in [-0.39, 0.29) is 5.97 Å². The van der Waals surface area contributed by atoms with Crippen LogP contribution in [-0.4, -0.2) is 17.0 Å². The molecule has 1 aromatic carbocycles. The van der Waals surface area contributed by atoms with Crippen molar-refractivity contribution in [3.8, 4) is 11.3 Å². The Hall–Kier alpha value is -2.55. The number of esters is 1. The van der Waals surface area contributed by atoms with Crippen molar-refractivity contribution < 1.29 is 9.53 Å². The maximum absolute atomic E-state index is 12.3. The summed E-state index contributed by atoms with van der Waals surface area (Å²) in [6.07, 6.45) is 1.97. The van der Waals surface area contributed by atoms with E-state index in [9.17, 15) is 4.79 Å². The molecule has 0 N–H and O–H groups in total. The Morgan fingerprint density at radius 2 is 1.90 bits per heavy atom. The van der Waals surface area contributed by atoms with Gasteiger partial charge in [-0.3, -0.25) is 0 Å². The fourth-order valence-corrected chi connectivity index (χ4v) is 2.60. The molecule has 21 heavy (non-hydrogen) atoms. The summed E-state index contributed by atoms with van der Waals surface area (Å²) < 4.78 is 7.24. The second kappa shape index (κ2) is 5.44. The molecule has 0 saturated heterocycles. The number of aryl methyl sites for hydroxylation is 1. The molecule has 3 nitrogen and oxygen atoms in total. The Morgan fingerprint density at radius 3 is 2.67 bits per heavy atom. The first-order valence-corrected chi connectivity index (χ1v) is 7.05. The highest BCUT2D eigenvalue weighted by molar-refractivity contribution is 5.99. The van der Waals surface area contributed by atoms with Crippen molar-refractivity contribution in [2.24, 2.45) is 0 Å². The third kappa shape index (κ3) is 2.31. The molecular weight excluding hydrogens is 262 g/mol. The van der Waals surface area contributed by atoms with Gasteiger partial charge in [-0.25, -0.2) is 4.79 Å². The predicted octanol–water partition coefficient (Wildman–Crippen LogP) is 4.09. The molecule has 0 saturated carbocycles. The van der Waals surface area contributed by atoms with Crippen LogP contribution in [0.15, 0.2) is 54.7 Å². The summed E-state index contributed by atoms with van der Waals surface area (Å²) in [7, 11) is 0. The summed E-state index contributed by atoms with van der Waals surface area (Å²) in [5.41, 5.74) is 4.66. The molecule has 0 aliphatic rings. The zero-order valence-electron chi connectivity index (χ0n) is 12.2. The number of pyridine rings is 1. The van der Waals surface area contributed by atoms with E-state index in [1.807, 2.05) is 73.0 Å². The lowest BCUT2D eigenvalue weighted by Gasteiger charge is -2.09. The average Bonchev–Trinajstić information content (AvgIpc) is 2.87. The van der Waals surface area contributed by atoms with Crippen LogP contribution in [0, 0.1) is 6.92 Å². The summed E-state index contributed by atoms with van der Waals surface area (Å²) in [6, 6.07) is 15.9. The van der Waals surface area contributed by atoms with Crippen molar-refractivity contribution in [3.05, 3.63) is 65.9 Å². The number of benzene rings is 1. The molecule has 3 aromatic rings. The van der Waals surface area contributed by atoms with Crippen molar-refractivity contribution in [2.45, 2.75) is 13.8 Å². The lowest BCUT2D eigenvalue weighted by molar-refractivity contribution is 0.0527. The van der Waals surface area contributed by atoms with Crippen LogP contribution < -0.4 is 0 Å². The summed E-state index contributed by atoms with van der Waals surface area (Å²) in [4.78, 5) is 12.3. The van der Waals surface area contributed by atoms with E-state index in [1.165, 1.54) is 0 Å². The van der Waals surface area contributed by atoms with Crippen LogP contribution in [0.3, 0.4) is 0 Å². The molecule has 2 aromatic heterocycles. The second-order valence-corrected chi connectivity index (χ2v) is 4.94. The number of aromatic nitrogens is 1. The first-order chi connectivity index (χ1) is 10.2. The highest BCUT2D eigenvalue weighted by Gasteiger charge is 2.19. The Labute approximate surface area is 123 Å². The van der Waals surface area contributed by atoms with Crippen molar-refractivity contribution in [1.82, 2.24) is 4.40 Å². The van der Waals surface area contributed by atoms with Crippen molar-refractivity contribution in [2.75, 3.05) is 6.61 Å². The Morgan fingerprint density at radius 1 is 1.14 bits per heavy atom. The predicted molar refractivity (Wildman–Crippen MR) is 83.5 cm³/mol. The van der Waals surface area contributed by atoms with Gasteiger partial charge in [0.05, 0.1) is 17.9 Å². The lowest BCUT2D eigenvalue weighted by atomic mass is 10.0. The fraction of sp³-hybridized carbons (Fsp3) is 0.167. The van der Waals surface area contributed by atoms with Crippen LogP contribution in [0.5, 0.6) is 0 Å². The molecule has 0 fully saturated rings. The zero-order chi connectivity index (χ0) is 14.8. The van der Waals surface area contributed by atoms with Crippen LogP contribution >= 0.6 is 0 Å².